The molecule has 1 N–H and O–H groups in total. The first-order valence-corrected chi connectivity index (χ1v) is 9.15. The van der Waals surface area contributed by atoms with Gasteiger partial charge in [-0.3, -0.25) is 0 Å². The highest BCUT2D eigenvalue weighted by molar-refractivity contribution is 7.20. The molecule has 0 saturated carbocycles. The van der Waals surface area contributed by atoms with Crippen LogP contribution in [0, 0.1) is 0 Å². The highest BCUT2D eigenvalue weighted by Crippen LogP contribution is 2.28. The molecule has 4 rings (SSSR count). The van der Waals surface area contributed by atoms with Gasteiger partial charge in [-0.15, -0.1) is 22.7 Å². The third kappa shape index (κ3) is 2.85. The zero-order valence-electron chi connectivity index (χ0n) is 12.6. The fourth-order valence-corrected chi connectivity index (χ4v) is 3.99. The Bertz CT molecular complexity index is 923. The molecule has 0 aliphatic rings. The number of fused-ring (bicyclic) bond motifs is 1. The van der Waals surface area contributed by atoms with E-state index in [1.54, 1.807) is 28.9 Å². The van der Waals surface area contributed by atoms with Crippen LogP contribution in [-0.2, 0) is 13.0 Å². The van der Waals surface area contributed by atoms with E-state index in [4.69, 9.17) is 4.98 Å². The Hall–Kier alpha value is -2.25. The van der Waals surface area contributed by atoms with Gasteiger partial charge >= 0.3 is 0 Å². The van der Waals surface area contributed by atoms with Crippen LogP contribution >= 0.6 is 22.7 Å². The van der Waals surface area contributed by atoms with Crippen LogP contribution in [0.1, 0.15) is 18.3 Å². The molecule has 7 heteroatoms. The normalized spacial score (nSPS) is 11.2. The molecule has 0 amide bonds. The van der Waals surface area contributed by atoms with Crippen molar-refractivity contribution >= 4 is 34.1 Å². The van der Waals surface area contributed by atoms with Crippen molar-refractivity contribution in [3.8, 4) is 9.88 Å². The monoisotopic (exact) mass is 341 g/mol. The molecular weight excluding hydrogens is 326 g/mol. The van der Waals surface area contributed by atoms with E-state index in [-0.39, 0.29) is 0 Å². The molecule has 4 aromatic heterocycles. The number of anilines is 1. The molecule has 0 saturated heterocycles. The minimum Gasteiger partial charge on any atom is -0.364 e. The van der Waals surface area contributed by atoms with Gasteiger partial charge in [0.05, 0.1) is 23.3 Å². The lowest BCUT2D eigenvalue weighted by Crippen LogP contribution is -2.07. The first kappa shape index (κ1) is 14.3. The smallest absolute Gasteiger partial charge is 0.157 e. The molecule has 0 aliphatic heterocycles. The lowest BCUT2D eigenvalue weighted by Gasteiger charge is -2.08. The summed E-state index contributed by atoms with van der Waals surface area (Å²) in [6.07, 6.45) is 2.67. The van der Waals surface area contributed by atoms with Crippen molar-refractivity contribution in [2.75, 3.05) is 5.32 Å². The molecule has 0 fully saturated rings. The van der Waals surface area contributed by atoms with E-state index in [1.165, 1.54) is 4.88 Å². The summed E-state index contributed by atoms with van der Waals surface area (Å²) in [6.45, 7) is 2.77. The number of thiophene rings is 1. The zero-order valence-corrected chi connectivity index (χ0v) is 14.2. The Balaban J connectivity index is 1.56. The minimum absolute atomic E-state index is 0.671. The number of aryl methyl sites for hydroxylation is 1. The van der Waals surface area contributed by atoms with Gasteiger partial charge in [0, 0.05) is 23.2 Å². The molecule has 0 spiro atoms. The predicted octanol–water partition coefficient (Wildman–Crippen LogP) is 4.09. The van der Waals surface area contributed by atoms with E-state index in [9.17, 15) is 0 Å². The van der Waals surface area contributed by atoms with E-state index in [0.29, 0.717) is 6.54 Å². The van der Waals surface area contributed by atoms with Crippen molar-refractivity contribution in [1.82, 2.24) is 19.6 Å². The fourth-order valence-electron chi connectivity index (χ4n) is 2.35. The number of thiazole rings is 1. The highest BCUT2D eigenvalue weighted by atomic mass is 32.1. The van der Waals surface area contributed by atoms with Gasteiger partial charge in [0.25, 0.3) is 0 Å². The summed E-state index contributed by atoms with van der Waals surface area (Å²) in [5.74, 6) is 0.947. The second-order valence-electron chi connectivity index (χ2n) is 5.06. The molecule has 116 valence electrons. The van der Waals surface area contributed by atoms with Gasteiger partial charge in [0.1, 0.15) is 10.8 Å². The average molecular weight is 341 g/mol. The van der Waals surface area contributed by atoms with Crippen molar-refractivity contribution in [3.63, 3.8) is 0 Å². The number of hydrogen-bond donors (Lipinski definition) is 1. The van der Waals surface area contributed by atoms with Crippen LogP contribution in [-0.4, -0.2) is 19.6 Å². The van der Waals surface area contributed by atoms with Gasteiger partial charge in [-0.05, 0) is 17.9 Å². The Morgan fingerprint density at radius 2 is 2.13 bits per heavy atom. The van der Waals surface area contributed by atoms with Crippen molar-refractivity contribution in [1.29, 1.82) is 0 Å². The molecule has 23 heavy (non-hydrogen) atoms. The second kappa shape index (κ2) is 6.10. The topological polar surface area (TPSA) is 55.1 Å². The van der Waals surface area contributed by atoms with E-state index in [1.807, 2.05) is 16.6 Å². The molecule has 0 radical (unpaired) electrons. The van der Waals surface area contributed by atoms with Crippen molar-refractivity contribution < 1.29 is 0 Å². The zero-order chi connectivity index (χ0) is 15.6. The van der Waals surface area contributed by atoms with Crippen LogP contribution in [0.15, 0.2) is 41.2 Å². The maximum Gasteiger partial charge on any atom is 0.157 e. The van der Waals surface area contributed by atoms with E-state index in [2.05, 4.69) is 45.2 Å². The molecule has 4 heterocycles. The molecule has 0 aliphatic carbocycles. The summed E-state index contributed by atoms with van der Waals surface area (Å²) < 4.78 is 1.83. The maximum atomic E-state index is 4.70. The SMILES string of the molecule is CCc1cc(NCc2csc(-c3cccs3)n2)n2nccc2n1. The number of aromatic nitrogens is 4. The van der Waals surface area contributed by atoms with Gasteiger partial charge < -0.3 is 5.32 Å². The van der Waals surface area contributed by atoms with E-state index < -0.39 is 0 Å². The molecule has 0 bridgehead atoms. The minimum atomic E-state index is 0.671. The molecule has 4 aromatic rings. The van der Waals surface area contributed by atoms with E-state index >= 15 is 0 Å². The van der Waals surface area contributed by atoms with Gasteiger partial charge in [-0.1, -0.05) is 13.0 Å². The van der Waals surface area contributed by atoms with Crippen molar-refractivity contribution in [3.05, 3.63) is 52.6 Å². The highest BCUT2D eigenvalue weighted by Gasteiger charge is 2.08. The van der Waals surface area contributed by atoms with Crippen LogP contribution in [0.4, 0.5) is 5.82 Å². The summed E-state index contributed by atoms with van der Waals surface area (Å²) in [7, 11) is 0. The van der Waals surface area contributed by atoms with Gasteiger partial charge in [-0.2, -0.15) is 9.61 Å². The van der Waals surface area contributed by atoms with Crippen LogP contribution in [0.5, 0.6) is 0 Å². The first-order chi connectivity index (χ1) is 11.3. The average Bonchev–Trinajstić information content (AvgIpc) is 3.32. The van der Waals surface area contributed by atoms with Gasteiger partial charge in [0.15, 0.2) is 5.65 Å². The van der Waals surface area contributed by atoms with Crippen LogP contribution in [0.2, 0.25) is 0 Å². The molecule has 0 aromatic carbocycles. The standard InChI is InChI=1S/C16H15N5S2/c1-2-11-8-15(21-14(19-11)5-6-18-21)17-9-12-10-23-16(20-12)13-4-3-7-22-13/h3-8,10,17H,2,9H2,1H3. The van der Waals surface area contributed by atoms with Crippen LogP contribution in [0.25, 0.3) is 15.5 Å². The number of hydrogen-bond acceptors (Lipinski definition) is 6. The quantitative estimate of drug-likeness (QED) is 0.594. The first-order valence-electron chi connectivity index (χ1n) is 7.39. The molecule has 0 atom stereocenters. The Morgan fingerprint density at radius 3 is 2.96 bits per heavy atom. The molecular formula is C16H15N5S2. The van der Waals surface area contributed by atoms with Crippen LogP contribution in [0.3, 0.4) is 0 Å². The molecule has 0 unspecified atom stereocenters. The number of nitrogens with zero attached hydrogens (tertiary/aromatic N) is 4. The third-order valence-corrected chi connectivity index (χ3v) is 5.44. The van der Waals surface area contributed by atoms with Gasteiger partial charge in [0.2, 0.25) is 0 Å². The summed E-state index contributed by atoms with van der Waals surface area (Å²) in [4.78, 5) is 10.5. The fraction of sp³-hybridized carbons (Fsp3) is 0.188. The Labute approximate surface area is 141 Å². The summed E-state index contributed by atoms with van der Waals surface area (Å²) in [6, 6.07) is 8.12. The third-order valence-electron chi connectivity index (χ3n) is 3.51. The largest absolute Gasteiger partial charge is 0.364 e. The summed E-state index contributed by atoms with van der Waals surface area (Å²) in [5.41, 5.74) is 2.95. The maximum absolute atomic E-state index is 4.70. The Morgan fingerprint density at radius 1 is 1.17 bits per heavy atom. The lowest BCUT2D eigenvalue weighted by atomic mass is 10.3. The number of rotatable bonds is 5. The van der Waals surface area contributed by atoms with E-state index in [0.717, 1.165) is 34.3 Å². The lowest BCUT2D eigenvalue weighted by molar-refractivity contribution is 0.898. The molecule has 5 nitrogen and oxygen atoms in total. The second-order valence-corrected chi connectivity index (χ2v) is 6.87. The van der Waals surface area contributed by atoms with Crippen LogP contribution < -0.4 is 5.32 Å². The van der Waals surface area contributed by atoms with Gasteiger partial charge in [-0.25, -0.2) is 9.97 Å². The predicted molar refractivity (Wildman–Crippen MR) is 95.1 cm³/mol. The summed E-state index contributed by atoms with van der Waals surface area (Å²) in [5, 5.41) is 13.0. The number of nitrogens with one attached hydrogen (secondary N) is 1. The van der Waals surface area contributed by atoms with Crippen molar-refractivity contribution in [2.24, 2.45) is 0 Å². The van der Waals surface area contributed by atoms with Crippen molar-refractivity contribution in [2.45, 2.75) is 19.9 Å². The Kier molecular flexibility index (Phi) is 3.80. The summed E-state index contributed by atoms with van der Waals surface area (Å²) >= 11 is 3.40.